The third kappa shape index (κ3) is 2.72. The second-order valence-electron chi connectivity index (χ2n) is 3.60. The molecule has 0 amide bonds. The number of hydrogen-bond acceptors (Lipinski definition) is 1. The van der Waals surface area contributed by atoms with Crippen LogP contribution in [0, 0.1) is 11.6 Å². The molecule has 0 bridgehead atoms. The average Bonchev–Trinajstić information content (AvgIpc) is 2.30. The minimum absolute atomic E-state index is 0.0311. The summed E-state index contributed by atoms with van der Waals surface area (Å²) in [7, 11) is 0. The number of aromatic nitrogens is 1. The van der Waals surface area contributed by atoms with Gasteiger partial charge in [-0.2, -0.15) is 4.57 Å². The minimum atomic E-state index is -0.827. The monoisotopic (exact) mass is 234 g/mol. The van der Waals surface area contributed by atoms with E-state index in [0.29, 0.717) is 6.07 Å². The van der Waals surface area contributed by atoms with Gasteiger partial charge in [0, 0.05) is 18.2 Å². The molecule has 0 saturated heterocycles. The van der Waals surface area contributed by atoms with Crippen molar-refractivity contribution in [3.8, 4) is 0 Å². The number of nitrogens with zero attached hydrogens (tertiary/aromatic N) is 1. The summed E-state index contributed by atoms with van der Waals surface area (Å²) in [5.41, 5.74) is -0.0947. The van der Waals surface area contributed by atoms with Crippen LogP contribution in [-0.2, 0) is 6.54 Å². The summed E-state index contributed by atoms with van der Waals surface area (Å²) in [5.74, 6) is -1.91. The lowest BCUT2D eigenvalue weighted by Gasteiger charge is -2.00. The van der Waals surface area contributed by atoms with Crippen LogP contribution >= 0.6 is 0 Å². The number of hydrogen-bond donors (Lipinski definition) is 0. The molecule has 0 saturated carbocycles. The molecule has 86 valence electrons. The molecule has 17 heavy (non-hydrogen) atoms. The molecule has 0 spiro atoms. The first-order valence-corrected chi connectivity index (χ1v) is 5.09. The van der Waals surface area contributed by atoms with Gasteiger partial charge in [0.2, 0.25) is 12.3 Å². The summed E-state index contributed by atoms with van der Waals surface area (Å²) in [6.07, 6.45) is 3.42. The molecule has 4 heteroatoms. The van der Waals surface area contributed by atoms with Gasteiger partial charge in [0.1, 0.15) is 11.6 Å². The Morgan fingerprint density at radius 1 is 1.12 bits per heavy atom. The van der Waals surface area contributed by atoms with E-state index in [1.807, 2.05) is 6.07 Å². The van der Waals surface area contributed by atoms with Crippen LogP contribution in [0.4, 0.5) is 8.78 Å². The lowest BCUT2D eigenvalue weighted by molar-refractivity contribution is -0.683. The number of carbonyl (C=O) groups excluding carboxylic acids is 1. The Hall–Kier alpha value is -2.10. The topological polar surface area (TPSA) is 20.9 Å². The Kier molecular flexibility index (Phi) is 3.23. The Bertz CT molecular complexity index is 540. The average molecular weight is 234 g/mol. The van der Waals surface area contributed by atoms with Crippen molar-refractivity contribution in [3.63, 3.8) is 0 Å². The van der Waals surface area contributed by atoms with Crippen LogP contribution in [0.3, 0.4) is 0 Å². The fourth-order valence-electron chi connectivity index (χ4n) is 1.51. The Balaban J connectivity index is 2.21. The Labute approximate surface area is 97.1 Å². The van der Waals surface area contributed by atoms with E-state index in [0.717, 1.165) is 12.1 Å². The first kappa shape index (κ1) is 11.4. The predicted octanol–water partition coefficient (Wildman–Crippen LogP) is 2.14. The van der Waals surface area contributed by atoms with Gasteiger partial charge in [0.25, 0.3) is 0 Å². The molecule has 2 aromatic rings. The third-order valence-corrected chi connectivity index (χ3v) is 2.34. The number of rotatable bonds is 3. The number of Topliss-reactive ketones (excluding diaryl/α,β-unsaturated/α-hetero) is 1. The van der Waals surface area contributed by atoms with Crippen LogP contribution in [0.15, 0.2) is 48.8 Å². The van der Waals surface area contributed by atoms with Gasteiger partial charge >= 0.3 is 0 Å². The molecule has 1 aromatic carbocycles. The normalized spacial score (nSPS) is 10.2. The van der Waals surface area contributed by atoms with Crippen molar-refractivity contribution >= 4 is 5.78 Å². The van der Waals surface area contributed by atoms with Crippen LogP contribution in [0.5, 0.6) is 0 Å². The number of halogens is 2. The standard InChI is InChI=1S/C13H10F2NO/c14-10-4-5-11(12(15)8-10)13(17)9-16-6-2-1-3-7-16/h1-8H,9H2/q+1. The van der Waals surface area contributed by atoms with Crippen molar-refractivity contribution in [3.05, 3.63) is 66.0 Å². The number of carbonyl (C=O) groups is 1. The zero-order chi connectivity index (χ0) is 12.3. The van der Waals surface area contributed by atoms with E-state index < -0.39 is 17.4 Å². The summed E-state index contributed by atoms with van der Waals surface area (Å²) in [6, 6.07) is 8.31. The fraction of sp³-hybridized carbons (Fsp3) is 0.0769. The number of pyridine rings is 1. The maximum Gasteiger partial charge on any atom is 0.230 e. The molecule has 0 radical (unpaired) electrons. The zero-order valence-corrected chi connectivity index (χ0v) is 8.94. The largest absolute Gasteiger partial charge is 0.287 e. The molecule has 0 unspecified atom stereocenters. The molecule has 0 fully saturated rings. The van der Waals surface area contributed by atoms with Gasteiger partial charge in [-0.15, -0.1) is 0 Å². The summed E-state index contributed by atoms with van der Waals surface area (Å²) < 4.78 is 27.6. The van der Waals surface area contributed by atoms with E-state index in [-0.39, 0.29) is 12.1 Å². The highest BCUT2D eigenvalue weighted by Gasteiger charge is 2.16. The molecule has 0 N–H and O–H groups in total. The molecule has 1 heterocycles. The van der Waals surface area contributed by atoms with Gasteiger partial charge in [-0.25, -0.2) is 8.78 Å². The maximum absolute atomic E-state index is 13.3. The highest BCUT2D eigenvalue weighted by molar-refractivity contribution is 5.95. The van der Waals surface area contributed by atoms with Crippen LogP contribution in [0.1, 0.15) is 10.4 Å². The second-order valence-corrected chi connectivity index (χ2v) is 3.60. The van der Waals surface area contributed by atoms with E-state index in [1.54, 1.807) is 29.1 Å². The van der Waals surface area contributed by atoms with Crippen molar-refractivity contribution in [2.24, 2.45) is 0 Å². The number of benzene rings is 1. The molecule has 2 rings (SSSR count). The molecule has 2 nitrogen and oxygen atoms in total. The highest BCUT2D eigenvalue weighted by atomic mass is 19.1. The smallest absolute Gasteiger partial charge is 0.230 e. The van der Waals surface area contributed by atoms with Crippen molar-refractivity contribution in [2.75, 3.05) is 0 Å². The fourth-order valence-corrected chi connectivity index (χ4v) is 1.51. The van der Waals surface area contributed by atoms with E-state index in [1.165, 1.54) is 0 Å². The second kappa shape index (κ2) is 4.82. The van der Waals surface area contributed by atoms with Gasteiger partial charge in [0.15, 0.2) is 12.4 Å². The third-order valence-electron chi connectivity index (χ3n) is 2.34. The summed E-state index contributed by atoms with van der Waals surface area (Å²) in [4.78, 5) is 11.8. The van der Waals surface area contributed by atoms with Crippen LogP contribution in [0.25, 0.3) is 0 Å². The SMILES string of the molecule is O=C(C[n+]1ccccc1)c1ccc(F)cc1F. The maximum atomic E-state index is 13.3. The first-order valence-electron chi connectivity index (χ1n) is 5.09. The van der Waals surface area contributed by atoms with Gasteiger partial charge in [0.05, 0.1) is 5.56 Å². The summed E-state index contributed by atoms with van der Waals surface area (Å²) in [6.45, 7) is 0.0311. The number of ketones is 1. The van der Waals surface area contributed by atoms with Crippen molar-refractivity contribution in [1.29, 1.82) is 0 Å². The van der Waals surface area contributed by atoms with Crippen LogP contribution < -0.4 is 4.57 Å². The van der Waals surface area contributed by atoms with Gasteiger partial charge in [-0.3, -0.25) is 4.79 Å². The molecule has 0 aliphatic carbocycles. The van der Waals surface area contributed by atoms with Crippen molar-refractivity contribution < 1.29 is 18.1 Å². The summed E-state index contributed by atoms with van der Waals surface area (Å²) >= 11 is 0. The first-order chi connectivity index (χ1) is 8.16. The summed E-state index contributed by atoms with van der Waals surface area (Å²) in [5, 5.41) is 0. The zero-order valence-electron chi connectivity index (χ0n) is 8.94. The quantitative estimate of drug-likeness (QED) is 0.588. The van der Waals surface area contributed by atoms with E-state index in [2.05, 4.69) is 0 Å². The minimum Gasteiger partial charge on any atom is -0.287 e. The van der Waals surface area contributed by atoms with Gasteiger partial charge < -0.3 is 0 Å². The van der Waals surface area contributed by atoms with Crippen molar-refractivity contribution in [2.45, 2.75) is 6.54 Å². The molecular formula is C13H10F2NO+. The molecule has 1 aromatic heterocycles. The lowest BCUT2D eigenvalue weighted by atomic mass is 10.1. The Morgan fingerprint density at radius 2 is 1.82 bits per heavy atom. The van der Waals surface area contributed by atoms with Crippen LogP contribution in [-0.4, -0.2) is 5.78 Å². The predicted molar refractivity (Wildman–Crippen MR) is 57.3 cm³/mol. The van der Waals surface area contributed by atoms with Crippen LogP contribution in [0.2, 0.25) is 0 Å². The molecular weight excluding hydrogens is 224 g/mol. The van der Waals surface area contributed by atoms with E-state index >= 15 is 0 Å². The van der Waals surface area contributed by atoms with Crippen molar-refractivity contribution in [1.82, 2.24) is 0 Å². The van der Waals surface area contributed by atoms with E-state index in [4.69, 9.17) is 0 Å². The highest BCUT2D eigenvalue weighted by Crippen LogP contribution is 2.10. The molecule has 0 atom stereocenters. The van der Waals surface area contributed by atoms with Gasteiger partial charge in [-0.05, 0) is 12.1 Å². The van der Waals surface area contributed by atoms with E-state index in [9.17, 15) is 13.6 Å². The van der Waals surface area contributed by atoms with Gasteiger partial charge in [-0.1, -0.05) is 6.07 Å². The lowest BCUT2D eigenvalue weighted by Crippen LogP contribution is -2.37. The molecule has 0 aliphatic rings. The molecule has 0 aliphatic heterocycles. The Morgan fingerprint density at radius 3 is 2.47 bits per heavy atom.